The Hall–Kier alpha value is -2.37. The molecule has 0 bridgehead atoms. The average Bonchev–Trinajstić information content (AvgIpc) is 2.67. The lowest BCUT2D eigenvalue weighted by atomic mass is 9.54. The lowest BCUT2D eigenvalue weighted by molar-refractivity contribution is -0.154. The third-order valence-electron chi connectivity index (χ3n) is 5.77. The summed E-state index contributed by atoms with van der Waals surface area (Å²) in [5, 5.41) is 6.36. The molecular formula is C21H18Cl2N2O3. The maximum absolute atomic E-state index is 13.3. The van der Waals surface area contributed by atoms with Gasteiger partial charge in [-0.2, -0.15) is 0 Å². The molecule has 28 heavy (non-hydrogen) atoms. The van der Waals surface area contributed by atoms with Gasteiger partial charge in [0.25, 0.3) is 0 Å². The van der Waals surface area contributed by atoms with Crippen LogP contribution in [0.2, 0.25) is 10.0 Å². The summed E-state index contributed by atoms with van der Waals surface area (Å²) in [6, 6.07) is 14.1. The first kappa shape index (κ1) is 19.0. The molecular weight excluding hydrogens is 399 g/mol. The first-order valence-electron chi connectivity index (χ1n) is 9.03. The zero-order valence-corrected chi connectivity index (χ0v) is 16.4. The zero-order chi connectivity index (χ0) is 19.9. The van der Waals surface area contributed by atoms with E-state index >= 15 is 0 Å². The van der Waals surface area contributed by atoms with E-state index in [2.05, 4.69) is 10.6 Å². The molecule has 2 atom stereocenters. The van der Waals surface area contributed by atoms with Gasteiger partial charge >= 0.3 is 0 Å². The number of Topliss-reactive ketones (excluding diaryl/α,β-unsaturated/α-hetero) is 1. The zero-order valence-electron chi connectivity index (χ0n) is 14.9. The van der Waals surface area contributed by atoms with Crippen LogP contribution in [0.15, 0.2) is 48.5 Å². The summed E-state index contributed by atoms with van der Waals surface area (Å²) < 4.78 is 0. The summed E-state index contributed by atoms with van der Waals surface area (Å²) in [6.07, 6.45) is 0.122. The summed E-state index contributed by atoms with van der Waals surface area (Å²) >= 11 is 12.9. The van der Waals surface area contributed by atoms with Gasteiger partial charge in [0.15, 0.2) is 0 Å². The van der Waals surface area contributed by atoms with E-state index in [1.165, 1.54) is 0 Å². The fourth-order valence-corrected chi connectivity index (χ4v) is 5.10. The molecule has 5 nitrogen and oxygen atoms in total. The molecule has 1 aliphatic heterocycles. The lowest BCUT2D eigenvalue weighted by Crippen LogP contribution is -2.66. The smallest absolute Gasteiger partial charge is 0.238 e. The van der Waals surface area contributed by atoms with Crippen molar-refractivity contribution >= 4 is 40.8 Å². The highest BCUT2D eigenvalue weighted by Crippen LogP contribution is 2.56. The molecule has 2 N–H and O–H groups in total. The molecule has 2 aromatic rings. The first-order chi connectivity index (χ1) is 13.5. The summed E-state index contributed by atoms with van der Waals surface area (Å²) in [5.41, 5.74) is -0.287. The third-order valence-corrected chi connectivity index (χ3v) is 6.46. The number of hydrogen-bond donors (Lipinski definition) is 2. The molecule has 1 aliphatic carbocycles. The number of halogens is 2. The first-order valence-corrected chi connectivity index (χ1v) is 9.79. The highest BCUT2D eigenvalue weighted by Gasteiger charge is 2.62. The topological polar surface area (TPSA) is 75.3 Å². The number of amides is 2. The van der Waals surface area contributed by atoms with Crippen LogP contribution in [0, 0.1) is 5.41 Å². The van der Waals surface area contributed by atoms with Crippen LogP contribution in [0.5, 0.6) is 0 Å². The lowest BCUT2D eigenvalue weighted by Gasteiger charge is -2.48. The molecule has 4 rings (SSSR count). The standard InChI is InChI=1S/C21H18Cl2N2O3/c22-17-7-3-1-5-13(17)15-9-12(26)10-16(14-6-2-4-8-18(14)23)21(15)19(27)24-11-25-20(21)28/h1-8,15-16H,9-11H2,(H,24,27)(H,25,28). The second-order valence-corrected chi connectivity index (χ2v) is 7.97. The number of ketones is 1. The Morgan fingerprint density at radius 1 is 0.750 bits per heavy atom. The molecule has 2 amide bonds. The highest BCUT2D eigenvalue weighted by molar-refractivity contribution is 6.32. The predicted octanol–water partition coefficient (Wildman–Crippen LogP) is 3.41. The van der Waals surface area contributed by atoms with Gasteiger partial charge in [-0.05, 0) is 23.3 Å². The van der Waals surface area contributed by atoms with Crippen molar-refractivity contribution < 1.29 is 14.4 Å². The maximum atomic E-state index is 13.3. The molecule has 1 saturated carbocycles. The van der Waals surface area contributed by atoms with Crippen molar-refractivity contribution in [1.82, 2.24) is 10.6 Å². The molecule has 2 unspecified atom stereocenters. The normalized spacial score (nSPS) is 24.0. The second-order valence-electron chi connectivity index (χ2n) is 7.15. The van der Waals surface area contributed by atoms with Gasteiger partial charge in [0.1, 0.15) is 11.2 Å². The molecule has 2 fully saturated rings. The average molecular weight is 417 g/mol. The van der Waals surface area contributed by atoms with E-state index in [9.17, 15) is 14.4 Å². The molecule has 2 aromatic carbocycles. The summed E-state index contributed by atoms with van der Waals surface area (Å²) in [4.78, 5) is 39.4. The molecule has 1 saturated heterocycles. The monoisotopic (exact) mass is 416 g/mol. The van der Waals surface area contributed by atoms with E-state index in [0.717, 1.165) is 0 Å². The van der Waals surface area contributed by atoms with Gasteiger partial charge in [0.2, 0.25) is 11.8 Å². The van der Waals surface area contributed by atoms with Crippen molar-refractivity contribution in [3.05, 3.63) is 69.7 Å². The second kappa shape index (κ2) is 7.22. The van der Waals surface area contributed by atoms with Gasteiger partial charge in [-0.15, -0.1) is 0 Å². The molecule has 1 heterocycles. The SMILES string of the molecule is O=C1CC(c2ccccc2Cl)C2(C(=O)NCNC2=O)C(c2ccccc2Cl)C1. The van der Waals surface area contributed by atoms with Crippen molar-refractivity contribution in [2.45, 2.75) is 24.7 Å². The van der Waals surface area contributed by atoms with Crippen LogP contribution in [0.1, 0.15) is 35.8 Å². The Bertz CT molecular complexity index is 900. The Morgan fingerprint density at radius 3 is 1.61 bits per heavy atom. The van der Waals surface area contributed by atoms with Gasteiger partial charge in [-0.1, -0.05) is 59.6 Å². The van der Waals surface area contributed by atoms with Crippen LogP contribution in [-0.2, 0) is 14.4 Å². The van der Waals surface area contributed by atoms with Gasteiger partial charge < -0.3 is 10.6 Å². The van der Waals surface area contributed by atoms with Crippen LogP contribution in [0.3, 0.4) is 0 Å². The Morgan fingerprint density at radius 2 is 1.18 bits per heavy atom. The Kier molecular flexibility index (Phi) is 4.89. The summed E-state index contributed by atoms with van der Waals surface area (Å²) in [7, 11) is 0. The van der Waals surface area contributed by atoms with E-state index in [1.807, 2.05) is 0 Å². The molecule has 144 valence electrons. The highest BCUT2D eigenvalue weighted by atomic mass is 35.5. The minimum atomic E-state index is -1.51. The number of benzene rings is 2. The number of hydrogen-bond acceptors (Lipinski definition) is 3. The van der Waals surface area contributed by atoms with E-state index in [-0.39, 0.29) is 25.3 Å². The molecule has 7 heteroatoms. The van der Waals surface area contributed by atoms with E-state index in [1.54, 1.807) is 48.5 Å². The number of rotatable bonds is 2. The van der Waals surface area contributed by atoms with E-state index < -0.39 is 29.1 Å². The fraction of sp³-hybridized carbons (Fsp3) is 0.286. The van der Waals surface area contributed by atoms with Gasteiger partial charge in [-0.3, -0.25) is 14.4 Å². The quantitative estimate of drug-likeness (QED) is 0.736. The summed E-state index contributed by atoms with van der Waals surface area (Å²) in [5.74, 6) is -2.23. The Labute approximate surface area is 172 Å². The van der Waals surface area contributed by atoms with Gasteiger partial charge in [0, 0.05) is 34.7 Å². The molecule has 0 aromatic heterocycles. The van der Waals surface area contributed by atoms with E-state index in [4.69, 9.17) is 23.2 Å². The predicted molar refractivity (Wildman–Crippen MR) is 106 cm³/mol. The van der Waals surface area contributed by atoms with Crippen molar-refractivity contribution in [3.8, 4) is 0 Å². The third kappa shape index (κ3) is 2.81. The van der Waals surface area contributed by atoms with Crippen LogP contribution >= 0.6 is 23.2 Å². The van der Waals surface area contributed by atoms with Crippen molar-refractivity contribution in [1.29, 1.82) is 0 Å². The van der Waals surface area contributed by atoms with Gasteiger partial charge in [-0.25, -0.2) is 0 Å². The van der Waals surface area contributed by atoms with Crippen LogP contribution in [0.25, 0.3) is 0 Å². The van der Waals surface area contributed by atoms with Crippen LogP contribution in [0.4, 0.5) is 0 Å². The minimum absolute atomic E-state index is 0.0355. The number of carbonyl (C=O) groups is 3. The van der Waals surface area contributed by atoms with E-state index in [0.29, 0.717) is 21.2 Å². The van der Waals surface area contributed by atoms with Crippen molar-refractivity contribution in [3.63, 3.8) is 0 Å². The Balaban J connectivity index is 1.99. The summed E-state index contributed by atoms with van der Waals surface area (Å²) in [6.45, 7) is 0.0534. The molecule has 1 spiro atoms. The van der Waals surface area contributed by atoms with Crippen LogP contribution < -0.4 is 10.6 Å². The molecule has 2 aliphatic rings. The fourth-order valence-electron chi connectivity index (χ4n) is 4.56. The number of carbonyl (C=O) groups excluding carboxylic acids is 3. The number of nitrogens with one attached hydrogen (secondary N) is 2. The largest absolute Gasteiger partial charge is 0.338 e. The van der Waals surface area contributed by atoms with Crippen molar-refractivity contribution in [2.75, 3.05) is 6.67 Å². The van der Waals surface area contributed by atoms with Crippen LogP contribution in [-0.4, -0.2) is 24.3 Å². The maximum Gasteiger partial charge on any atom is 0.238 e. The van der Waals surface area contributed by atoms with Crippen molar-refractivity contribution in [2.24, 2.45) is 5.41 Å². The molecule has 0 radical (unpaired) electrons. The van der Waals surface area contributed by atoms with Gasteiger partial charge in [0.05, 0.1) is 6.67 Å². The minimum Gasteiger partial charge on any atom is -0.338 e.